The molecule has 1 aliphatic heterocycles. The molecule has 0 spiro atoms. The molecule has 0 saturated carbocycles. The number of carbonyl (C=O) groups excluding carboxylic acids is 1. The zero-order chi connectivity index (χ0) is 16.4. The van der Waals surface area contributed by atoms with Crippen LogP contribution in [0.3, 0.4) is 0 Å². The normalized spacial score (nSPS) is 15.1. The number of ketones is 1. The van der Waals surface area contributed by atoms with E-state index < -0.39 is 6.61 Å². The third-order valence-electron chi connectivity index (χ3n) is 3.28. The number of fused-ring (bicyclic) bond motifs is 1. The van der Waals surface area contributed by atoms with E-state index in [9.17, 15) is 13.6 Å². The highest BCUT2D eigenvalue weighted by molar-refractivity contribution is 8.04. The quantitative estimate of drug-likeness (QED) is 0.764. The summed E-state index contributed by atoms with van der Waals surface area (Å²) in [4.78, 5) is 13.8. The number of Topliss-reactive ketones (excluding diaryl/α,β-unsaturated/α-hetero) is 1. The maximum Gasteiger partial charge on any atom is 0.387 e. The highest BCUT2D eigenvalue weighted by Gasteiger charge is 2.25. The number of thioether (sulfide) groups is 1. The van der Waals surface area contributed by atoms with Crippen LogP contribution in [0.25, 0.3) is 6.08 Å². The van der Waals surface area contributed by atoms with Gasteiger partial charge in [0.05, 0.1) is 12.0 Å². The van der Waals surface area contributed by atoms with E-state index in [0.717, 1.165) is 4.90 Å². The Labute approximate surface area is 135 Å². The number of alkyl halides is 2. The summed E-state index contributed by atoms with van der Waals surface area (Å²) in [5.74, 6) is 0.100. The van der Waals surface area contributed by atoms with Crippen molar-refractivity contribution in [2.24, 2.45) is 0 Å². The van der Waals surface area contributed by atoms with E-state index in [1.807, 2.05) is 18.2 Å². The van der Waals surface area contributed by atoms with Gasteiger partial charge in [0, 0.05) is 10.5 Å². The van der Waals surface area contributed by atoms with Crippen molar-refractivity contribution in [2.75, 3.05) is 7.11 Å². The summed E-state index contributed by atoms with van der Waals surface area (Å²) in [5, 5.41) is 0. The predicted molar refractivity (Wildman–Crippen MR) is 84.2 cm³/mol. The fourth-order valence-corrected chi connectivity index (χ4v) is 3.31. The first kappa shape index (κ1) is 15.6. The SMILES string of the molecule is COc1cc(/C=C2/Sc3ccccc3C2=O)ccc1OC(F)F. The molecule has 1 heterocycles. The minimum absolute atomic E-state index is 0.0432. The lowest BCUT2D eigenvalue weighted by molar-refractivity contribution is -0.0512. The third-order valence-corrected chi connectivity index (χ3v) is 4.38. The Hall–Kier alpha value is -2.34. The number of benzene rings is 2. The fraction of sp³-hybridized carbons (Fsp3) is 0.118. The van der Waals surface area contributed by atoms with Gasteiger partial charge in [-0.15, -0.1) is 0 Å². The Balaban J connectivity index is 1.90. The van der Waals surface area contributed by atoms with Gasteiger partial charge in [0.2, 0.25) is 5.78 Å². The molecule has 0 N–H and O–H groups in total. The van der Waals surface area contributed by atoms with Crippen LogP contribution in [0, 0.1) is 0 Å². The lowest BCUT2D eigenvalue weighted by Gasteiger charge is -2.10. The van der Waals surface area contributed by atoms with Gasteiger partial charge in [-0.3, -0.25) is 4.79 Å². The van der Waals surface area contributed by atoms with E-state index in [1.54, 1.807) is 24.3 Å². The zero-order valence-electron chi connectivity index (χ0n) is 12.1. The standard InChI is InChI=1S/C17H12F2O3S/c1-21-13-8-10(6-7-12(13)22-17(18)19)9-15-16(20)11-4-2-3-5-14(11)23-15/h2-9,17H,1H3/b15-9+. The number of carbonyl (C=O) groups is 1. The molecule has 0 bridgehead atoms. The molecule has 0 fully saturated rings. The molecule has 6 heteroatoms. The number of ether oxygens (including phenoxy) is 2. The summed E-state index contributed by atoms with van der Waals surface area (Å²) in [6.07, 6.45) is 1.71. The van der Waals surface area contributed by atoms with Crippen LogP contribution in [0.1, 0.15) is 15.9 Å². The minimum atomic E-state index is -2.92. The molecule has 3 nitrogen and oxygen atoms in total. The molecule has 2 aromatic rings. The molecule has 2 aromatic carbocycles. The molecule has 23 heavy (non-hydrogen) atoms. The van der Waals surface area contributed by atoms with E-state index in [2.05, 4.69) is 4.74 Å². The van der Waals surface area contributed by atoms with Gasteiger partial charge < -0.3 is 9.47 Å². The molecule has 118 valence electrons. The molecule has 3 rings (SSSR count). The lowest BCUT2D eigenvalue weighted by Crippen LogP contribution is -2.03. The number of allylic oxidation sites excluding steroid dienone is 1. The van der Waals surface area contributed by atoms with Crippen molar-refractivity contribution in [3.05, 3.63) is 58.5 Å². The topological polar surface area (TPSA) is 35.5 Å². The second kappa shape index (κ2) is 6.42. The Morgan fingerprint density at radius 3 is 2.61 bits per heavy atom. The van der Waals surface area contributed by atoms with E-state index in [4.69, 9.17) is 4.74 Å². The van der Waals surface area contributed by atoms with E-state index >= 15 is 0 Å². The van der Waals surface area contributed by atoms with Crippen LogP contribution >= 0.6 is 11.8 Å². The van der Waals surface area contributed by atoms with E-state index in [-0.39, 0.29) is 17.3 Å². The molecule has 0 amide bonds. The van der Waals surface area contributed by atoms with Gasteiger partial charge in [-0.1, -0.05) is 30.0 Å². The number of halogens is 2. The monoisotopic (exact) mass is 334 g/mol. The molecule has 0 radical (unpaired) electrons. The second-order valence-corrected chi connectivity index (χ2v) is 5.81. The molecule has 0 unspecified atom stereocenters. The van der Waals surface area contributed by atoms with Gasteiger partial charge in [-0.05, 0) is 35.9 Å². The second-order valence-electron chi connectivity index (χ2n) is 4.72. The van der Waals surface area contributed by atoms with Crippen LogP contribution in [0.15, 0.2) is 52.3 Å². The van der Waals surface area contributed by atoms with Crippen molar-refractivity contribution in [1.29, 1.82) is 0 Å². The number of rotatable bonds is 4. The van der Waals surface area contributed by atoms with E-state index in [1.165, 1.54) is 24.9 Å². The Morgan fingerprint density at radius 1 is 1.13 bits per heavy atom. The highest BCUT2D eigenvalue weighted by Crippen LogP contribution is 2.41. The molecule has 1 aliphatic rings. The zero-order valence-corrected chi connectivity index (χ0v) is 12.9. The number of hydrogen-bond acceptors (Lipinski definition) is 4. The lowest BCUT2D eigenvalue weighted by atomic mass is 10.1. The first-order valence-electron chi connectivity index (χ1n) is 6.74. The van der Waals surface area contributed by atoms with Crippen molar-refractivity contribution in [3.8, 4) is 11.5 Å². The fourth-order valence-electron chi connectivity index (χ4n) is 2.25. The summed E-state index contributed by atoms with van der Waals surface area (Å²) in [6.45, 7) is -2.92. The molecule has 0 aliphatic carbocycles. The van der Waals surface area contributed by atoms with Gasteiger partial charge in [-0.2, -0.15) is 8.78 Å². The summed E-state index contributed by atoms with van der Waals surface area (Å²) >= 11 is 1.39. The van der Waals surface area contributed by atoms with Crippen molar-refractivity contribution >= 4 is 23.6 Å². The van der Waals surface area contributed by atoms with Crippen LogP contribution in [0.4, 0.5) is 8.78 Å². The molecular weight excluding hydrogens is 322 g/mol. The minimum Gasteiger partial charge on any atom is -0.493 e. The largest absolute Gasteiger partial charge is 0.493 e. The van der Waals surface area contributed by atoms with Crippen LogP contribution in [0.2, 0.25) is 0 Å². The molecule has 0 saturated heterocycles. The van der Waals surface area contributed by atoms with Crippen molar-refractivity contribution in [1.82, 2.24) is 0 Å². The summed E-state index contributed by atoms with van der Waals surface area (Å²) in [6, 6.07) is 11.9. The molecule has 0 aromatic heterocycles. The average molecular weight is 334 g/mol. The van der Waals surface area contributed by atoms with Crippen molar-refractivity contribution in [3.63, 3.8) is 0 Å². The van der Waals surface area contributed by atoms with Crippen LogP contribution < -0.4 is 9.47 Å². The summed E-state index contributed by atoms with van der Waals surface area (Å²) in [7, 11) is 1.37. The molecular formula is C17H12F2O3S. The van der Waals surface area contributed by atoms with Gasteiger partial charge in [0.25, 0.3) is 0 Å². The number of methoxy groups -OCH3 is 1. The highest BCUT2D eigenvalue weighted by atomic mass is 32.2. The third kappa shape index (κ3) is 3.22. The summed E-state index contributed by atoms with van der Waals surface area (Å²) in [5.41, 5.74) is 1.35. The Kier molecular flexibility index (Phi) is 4.34. The van der Waals surface area contributed by atoms with Crippen LogP contribution in [-0.2, 0) is 0 Å². The van der Waals surface area contributed by atoms with E-state index in [0.29, 0.717) is 16.0 Å². The van der Waals surface area contributed by atoms with Gasteiger partial charge >= 0.3 is 6.61 Å². The van der Waals surface area contributed by atoms with Gasteiger partial charge in [0.15, 0.2) is 11.5 Å². The first-order chi connectivity index (χ1) is 11.1. The maximum atomic E-state index is 12.3. The number of hydrogen-bond donors (Lipinski definition) is 0. The first-order valence-corrected chi connectivity index (χ1v) is 7.56. The van der Waals surface area contributed by atoms with Crippen molar-refractivity contribution < 1.29 is 23.0 Å². The maximum absolute atomic E-state index is 12.3. The van der Waals surface area contributed by atoms with Gasteiger partial charge in [0.1, 0.15) is 0 Å². The van der Waals surface area contributed by atoms with Crippen LogP contribution in [0.5, 0.6) is 11.5 Å². The smallest absolute Gasteiger partial charge is 0.387 e. The van der Waals surface area contributed by atoms with Crippen molar-refractivity contribution in [2.45, 2.75) is 11.5 Å². The predicted octanol–water partition coefficient (Wildman–Crippen LogP) is 4.63. The Bertz CT molecular complexity index is 787. The Morgan fingerprint density at radius 2 is 1.91 bits per heavy atom. The molecule has 0 atom stereocenters. The van der Waals surface area contributed by atoms with Gasteiger partial charge in [-0.25, -0.2) is 0 Å². The average Bonchev–Trinajstić information content (AvgIpc) is 2.85. The summed E-state index contributed by atoms with van der Waals surface area (Å²) < 4.78 is 34.1. The van der Waals surface area contributed by atoms with Crippen LogP contribution in [-0.4, -0.2) is 19.5 Å².